The molecule has 0 radical (unpaired) electrons. The van der Waals surface area contributed by atoms with Gasteiger partial charge in [0.25, 0.3) is 0 Å². The van der Waals surface area contributed by atoms with E-state index in [0.717, 1.165) is 12.8 Å². The van der Waals surface area contributed by atoms with E-state index >= 15 is 0 Å². The fraction of sp³-hybridized carbons (Fsp3) is 0.846. The van der Waals surface area contributed by atoms with Gasteiger partial charge < -0.3 is 5.11 Å². The average Bonchev–Trinajstić information content (AvgIpc) is 2.26. The Bertz CT molecular complexity index is 242. The Labute approximate surface area is 97.2 Å². The van der Waals surface area contributed by atoms with E-state index in [1.165, 1.54) is 32.1 Å². The highest BCUT2D eigenvalue weighted by molar-refractivity contribution is 5.95. The lowest BCUT2D eigenvalue weighted by molar-refractivity contribution is -0.141. The fourth-order valence-corrected chi connectivity index (χ4v) is 2.64. The summed E-state index contributed by atoms with van der Waals surface area (Å²) in [5.41, 5.74) is 0. The van der Waals surface area contributed by atoms with Crippen molar-refractivity contribution in [3.63, 3.8) is 0 Å². The predicted molar refractivity (Wildman–Crippen MR) is 62.2 cm³/mol. The summed E-state index contributed by atoms with van der Waals surface area (Å²) in [4.78, 5) is 22.2. The van der Waals surface area contributed by atoms with E-state index < -0.39 is 5.97 Å². The van der Waals surface area contributed by atoms with Crippen molar-refractivity contribution in [1.29, 1.82) is 0 Å². The Morgan fingerprint density at radius 1 is 1.25 bits per heavy atom. The zero-order valence-electron chi connectivity index (χ0n) is 10.1. The number of carbonyl (C=O) groups excluding carboxylic acids is 1. The molecular weight excluding hydrogens is 204 g/mol. The first kappa shape index (κ1) is 13.2. The second-order valence-corrected chi connectivity index (χ2v) is 4.88. The topological polar surface area (TPSA) is 54.4 Å². The van der Waals surface area contributed by atoms with Crippen molar-refractivity contribution in [2.45, 2.75) is 58.3 Å². The number of hydrogen-bond acceptors (Lipinski definition) is 2. The van der Waals surface area contributed by atoms with Crippen LogP contribution in [0, 0.1) is 11.8 Å². The first-order valence-electron chi connectivity index (χ1n) is 6.38. The molecule has 3 heteroatoms. The lowest BCUT2D eigenvalue weighted by Crippen LogP contribution is -2.21. The van der Waals surface area contributed by atoms with Gasteiger partial charge in [-0.2, -0.15) is 0 Å². The molecular formula is C13H22O3. The lowest BCUT2D eigenvalue weighted by atomic mass is 9.80. The first-order chi connectivity index (χ1) is 7.63. The number of carboxylic acids is 1. The summed E-state index contributed by atoms with van der Waals surface area (Å²) in [7, 11) is 0. The maximum atomic E-state index is 11.7. The quantitative estimate of drug-likeness (QED) is 0.708. The Morgan fingerprint density at radius 2 is 1.88 bits per heavy atom. The van der Waals surface area contributed by atoms with Gasteiger partial charge in [-0.3, -0.25) is 9.59 Å². The van der Waals surface area contributed by atoms with Crippen molar-refractivity contribution in [2.75, 3.05) is 0 Å². The van der Waals surface area contributed by atoms with Gasteiger partial charge in [0.1, 0.15) is 12.2 Å². The second kappa shape index (κ2) is 6.66. The normalized spacial score (nSPS) is 19.3. The molecule has 0 aromatic carbocycles. The van der Waals surface area contributed by atoms with Gasteiger partial charge in [0.2, 0.25) is 0 Å². The highest BCUT2D eigenvalue weighted by Gasteiger charge is 2.24. The summed E-state index contributed by atoms with van der Waals surface area (Å²) in [5, 5.41) is 8.61. The van der Waals surface area contributed by atoms with Gasteiger partial charge in [-0.1, -0.05) is 39.0 Å². The van der Waals surface area contributed by atoms with Crippen molar-refractivity contribution in [1.82, 2.24) is 0 Å². The Balaban J connectivity index is 2.40. The summed E-state index contributed by atoms with van der Waals surface area (Å²) >= 11 is 0. The summed E-state index contributed by atoms with van der Waals surface area (Å²) < 4.78 is 0. The number of carboxylic acid groups (broad SMARTS) is 1. The molecule has 1 aliphatic rings. The van der Waals surface area contributed by atoms with Crippen molar-refractivity contribution >= 4 is 11.8 Å². The van der Waals surface area contributed by atoms with Crippen LogP contribution in [0.25, 0.3) is 0 Å². The van der Waals surface area contributed by atoms with Gasteiger partial charge in [-0.25, -0.2) is 0 Å². The Hall–Kier alpha value is -0.860. The van der Waals surface area contributed by atoms with Crippen LogP contribution in [0.15, 0.2) is 0 Å². The fourth-order valence-electron chi connectivity index (χ4n) is 2.64. The highest BCUT2D eigenvalue weighted by Crippen LogP contribution is 2.30. The highest BCUT2D eigenvalue weighted by atomic mass is 16.4. The molecule has 1 rings (SSSR count). The van der Waals surface area contributed by atoms with E-state index in [-0.39, 0.29) is 18.1 Å². The molecule has 0 bridgehead atoms. The molecule has 3 nitrogen and oxygen atoms in total. The van der Waals surface area contributed by atoms with E-state index in [9.17, 15) is 9.59 Å². The monoisotopic (exact) mass is 226 g/mol. The van der Waals surface area contributed by atoms with E-state index in [1.807, 2.05) is 6.92 Å². The van der Waals surface area contributed by atoms with Crippen LogP contribution in [0.3, 0.4) is 0 Å². The van der Waals surface area contributed by atoms with E-state index in [0.29, 0.717) is 5.92 Å². The minimum absolute atomic E-state index is 0.0285. The summed E-state index contributed by atoms with van der Waals surface area (Å²) in [6, 6.07) is 0. The molecule has 0 amide bonds. The summed E-state index contributed by atoms with van der Waals surface area (Å²) in [5.74, 6) is -0.455. The van der Waals surface area contributed by atoms with Gasteiger partial charge in [-0.15, -0.1) is 0 Å². The van der Waals surface area contributed by atoms with Gasteiger partial charge in [0, 0.05) is 5.92 Å². The van der Waals surface area contributed by atoms with Crippen LogP contribution in [0.1, 0.15) is 58.3 Å². The summed E-state index contributed by atoms with van der Waals surface area (Å²) in [6.45, 7) is 1.98. The Kier molecular flexibility index (Phi) is 5.50. The first-order valence-corrected chi connectivity index (χ1v) is 6.38. The molecule has 92 valence electrons. The van der Waals surface area contributed by atoms with Gasteiger partial charge >= 0.3 is 5.97 Å². The third-order valence-electron chi connectivity index (χ3n) is 3.62. The molecule has 1 aliphatic carbocycles. The van der Waals surface area contributed by atoms with Crippen molar-refractivity contribution in [3.8, 4) is 0 Å². The maximum absolute atomic E-state index is 11.7. The van der Waals surface area contributed by atoms with Crippen molar-refractivity contribution in [3.05, 3.63) is 0 Å². The summed E-state index contributed by atoms with van der Waals surface area (Å²) in [6.07, 6.45) is 7.68. The molecule has 0 aliphatic heterocycles. The molecule has 0 spiro atoms. The van der Waals surface area contributed by atoms with Crippen LogP contribution >= 0.6 is 0 Å². The number of carbonyl (C=O) groups is 2. The van der Waals surface area contributed by atoms with Crippen LogP contribution in [-0.2, 0) is 9.59 Å². The third kappa shape index (κ3) is 4.33. The number of ketones is 1. The SMILES string of the molecule is CCC(CC1CCCCC1)C(=O)CC(=O)O. The van der Waals surface area contributed by atoms with Crippen LogP contribution in [0.2, 0.25) is 0 Å². The van der Waals surface area contributed by atoms with E-state index in [4.69, 9.17) is 5.11 Å². The zero-order valence-corrected chi connectivity index (χ0v) is 10.1. The molecule has 1 saturated carbocycles. The number of rotatable bonds is 6. The van der Waals surface area contributed by atoms with Crippen LogP contribution in [0.4, 0.5) is 0 Å². The maximum Gasteiger partial charge on any atom is 0.310 e. The van der Waals surface area contributed by atoms with E-state index in [2.05, 4.69) is 0 Å². The molecule has 16 heavy (non-hydrogen) atoms. The molecule has 1 unspecified atom stereocenters. The minimum Gasteiger partial charge on any atom is -0.481 e. The van der Waals surface area contributed by atoms with Crippen molar-refractivity contribution < 1.29 is 14.7 Å². The predicted octanol–water partition coefficient (Wildman–Crippen LogP) is 3.03. The standard InChI is InChI=1S/C13H22O3/c1-2-11(12(14)9-13(15)16)8-10-6-4-3-5-7-10/h10-11H,2-9H2,1H3,(H,15,16). The smallest absolute Gasteiger partial charge is 0.310 e. The van der Waals surface area contributed by atoms with Crippen LogP contribution < -0.4 is 0 Å². The largest absolute Gasteiger partial charge is 0.481 e. The van der Waals surface area contributed by atoms with Crippen molar-refractivity contribution in [2.24, 2.45) is 11.8 Å². The molecule has 1 N–H and O–H groups in total. The lowest BCUT2D eigenvalue weighted by Gasteiger charge is -2.25. The average molecular weight is 226 g/mol. The van der Waals surface area contributed by atoms with Gasteiger partial charge in [-0.05, 0) is 18.8 Å². The number of aliphatic carboxylic acids is 1. The van der Waals surface area contributed by atoms with Crippen LogP contribution in [0.5, 0.6) is 0 Å². The second-order valence-electron chi connectivity index (χ2n) is 4.88. The number of Topliss-reactive ketones (excluding diaryl/α,β-unsaturated/α-hetero) is 1. The number of hydrogen-bond donors (Lipinski definition) is 1. The molecule has 1 atom stereocenters. The minimum atomic E-state index is -0.993. The Morgan fingerprint density at radius 3 is 2.38 bits per heavy atom. The van der Waals surface area contributed by atoms with Crippen LogP contribution in [-0.4, -0.2) is 16.9 Å². The molecule has 0 heterocycles. The van der Waals surface area contributed by atoms with Gasteiger partial charge in [0.05, 0.1) is 0 Å². The molecule has 1 fully saturated rings. The van der Waals surface area contributed by atoms with E-state index in [1.54, 1.807) is 0 Å². The van der Waals surface area contributed by atoms with Gasteiger partial charge in [0.15, 0.2) is 0 Å². The molecule has 0 aromatic rings. The molecule has 0 saturated heterocycles. The zero-order chi connectivity index (χ0) is 12.0. The third-order valence-corrected chi connectivity index (χ3v) is 3.62. The molecule has 0 aromatic heterocycles.